The number of carbonyl (C=O) groups excluding carboxylic acids is 14. The normalized spacial score (nSPS) is 29.5. The molecule has 614 valence electrons. The van der Waals surface area contributed by atoms with Gasteiger partial charge in [-0.25, -0.2) is 0 Å². The number of nitrogens with one attached hydrogen (secondary N) is 10. The minimum absolute atomic E-state index is 0.0453. The minimum atomic E-state index is -2.57. The molecule has 39 heteroatoms. The fourth-order valence-corrected chi connectivity index (χ4v) is 12.4. The number of methoxy groups -OCH3 is 1. The minimum Gasteiger partial charge on any atom is -0.507 e. The first-order chi connectivity index (χ1) is 51.8. The number of Topliss-reactive ketones (excluding diaryl/α,β-unsaturated/α-hetero) is 3. The first-order valence-electron chi connectivity index (χ1n) is 35.6. The van der Waals surface area contributed by atoms with E-state index in [0.717, 1.165) is 26.2 Å². The highest BCUT2D eigenvalue weighted by molar-refractivity contribution is 6.22. The van der Waals surface area contributed by atoms with Crippen molar-refractivity contribution in [2.45, 2.75) is 187 Å². The van der Waals surface area contributed by atoms with Crippen LogP contribution in [-0.2, 0) is 76.5 Å². The summed E-state index contributed by atoms with van der Waals surface area (Å²) in [4.78, 5) is 190. The van der Waals surface area contributed by atoms with E-state index in [4.69, 9.17) is 29.4 Å². The summed E-state index contributed by atoms with van der Waals surface area (Å²) in [5.41, 5.74) is 4.44. The van der Waals surface area contributed by atoms with E-state index >= 15 is 0 Å². The third-order valence-electron chi connectivity index (χ3n) is 19.4. The van der Waals surface area contributed by atoms with Crippen molar-refractivity contribution in [1.29, 1.82) is 0 Å². The molecule has 2 aromatic rings. The number of hydrogen-bond donors (Lipinski definition) is 20. The standard InChI is InChI=1S/C72H103N11O28/c1-28(2)39-22-43(88)42(26-84)80-67(102)41(79-70(105)52(37(11)86)81-68(103)44(89)25-77-69(104)51(36(10)85)82-71(106)53(83-66(39)101)58(95)59(96)63(73)98)24-76-65(100)35(9)74-19-20-75-47(90)27-108-46-23-40-57(94)49-48(46)50-61(34(8)56(49)93)111-72(13,62(50)97)109-21-18-45(107-14)31(5)60(110-38(12)87)33(7)55(92)32(6)54(91)29(3)16-15-17-30(4)64(99)78-40/h15-18,21,23,28-29,31-33,35-36,39,41-42,44-45,51-55,58-60,74,84-85,89,91-96H,19-20,22,24-27H2,1-14H3,(H2,73,98)(H,75,90)(H,76,100)(H,77,104)(H,78,99)(H,79,105)(H,80,102)(H,81,103)(H,82,106)(H,83,101)/b16-15+,21-18+,30-17-/t29?,31-,32-,33?,35?,36?,39?,41?,42?,44?,45+,51?,52?,53?,54+,55-,58?,59?,60?,72+/m1/s1. The lowest BCUT2D eigenvalue weighted by atomic mass is 9.78. The van der Waals surface area contributed by atoms with Gasteiger partial charge in [0.1, 0.15) is 59.7 Å². The molecule has 0 aromatic heterocycles. The SMILES string of the molecule is CO[C@H]1/C=C/O[C@@]2(C)Oc3c(C)c(O)c4c(O)c(cc(OCC(=O)NCCNC(C)C(=O)NCC5NC(=O)C(C(C)=O)NC(=O)C(O)CNC(=O)C(C(C)O)NC(=O)C(C(O)C(O)C(N)=O)NC(=O)C(C(C)C)CC(=O)C(CO)NC5=O)c4c3C2=O)NC(=O)/C(C)=C\C=C\C(C)[C@H](O)[C@@H](C)[C@@H](O)C(C)C(OC(C)=O)[C@@H]1C. The van der Waals surface area contributed by atoms with Gasteiger partial charge in [-0.3, -0.25) is 67.1 Å². The second kappa shape index (κ2) is 40.1. The maximum absolute atomic E-state index is 14.9. The maximum Gasteiger partial charge on any atom is 0.312 e. The van der Waals surface area contributed by atoms with Gasteiger partial charge in [0.15, 0.2) is 36.1 Å². The molecular formula is C72H103N11O28. The molecule has 0 saturated carbocycles. The molecule has 2 aromatic carbocycles. The number of phenolic OH excluding ortho intramolecular Hbond substituents is 2. The zero-order chi connectivity index (χ0) is 83.7. The van der Waals surface area contributed by atoms with E-state index in [1.54, 1.807) is 33.8 Å². The van der Waals surface area contributed by atoms with E-state index in [2.05, 4.69) is 37.2 Å². The quantitative estimate of drug-likeness (QED) is 0.0271. The highest BCUT2D eigenvalue weighted by atomic mass is 16.7. The molecule has 0 radical (unpaired) electrons. The Morgan fingerprint density at radius 1 is 0.748 bits per heavy atom. The summed E-state index contributed by atoms with van der Waals surface area (Å²) in [6.07, 6.45) is -7.53. The van der Waals surface area contributed by atoms with E-state index < -0.39 is 258 Å². The van der Waals surface area contributed by atoms with Gasteiger partial charge in [0.05, 0.1) is 66.5 Å². The summed E-state index contributed by atoms with van der Waals surface area (Å²) in [5, 5.41) is 122. The van der Waals surface area contributed by atoms with Gasteiger partial charge in [-0.15, -0.1) is 0 Å². The van der Waals surface area contributed by atoms with Crippen LogP contribution < -0.4 is 68.4 Å². The molecule has 21 N–H and O–H groups in total. The number of hydrogen-bond acceptors (Lipinski definition) is 29. The second-order valence-corrected chi connectivity index (χ2v) is 28.2. The Bertz CT molecular complexity index is 3940. The van der Waals surface area contributed by atoms with E-state index in [1.165, 1.54) is 73.8 Å². The Morgan fingerprint density at radius 3 is 1.98 bits per heavy atom. The highest BCUT2D eigenvalue weighted by Crippen LogP contribution is 2.54. The average Bonchev–Trinajstić information content (AvgIpc) is 1.59. The fourth-order valence-electron chi connectivity index (χ4n) is 12.4. The van der Waals surface area contributed by atoms with Gasteiger partial charge >= 0.3 is 11.8 Å². The lowest BCUT2D eigenvalue weighted by Gasteiger charge is -2.38. The number of anilines is 1. The number of aromatic hydroxyl groups is 2. The second-order valence-electron chi connectivity index (χ2n) is 28.2. The Morgan fingerprint density at radius 2 is 1.39 bits per heavy atom. The van der Waals surface area contributed by atoms with Crippen LogP contribution in [0.2, 0.25) is 0 Å². The number of benzene rings is 2. The molecule has 0 aliphatic carbocycles. The summed E-state index contributed by atoms with van der Waals surface area (Å²) in [7, 11) is 1.36. The molecule has 20 atom stereocenters. The zero-order valence-corrected chi connectivity index (χ0v) is 63.8. The number of aliphatic hydroxyl groups is 7. The molecule has 4 aliphatic heterocycles. The number of fused-ring (bicyclic) bond motifs is 14. The number of esters is 1. The van der Waals surface area contributed by atoms with Crippen LogP contribution in [0.25, 0.3) is 10.8 Å². The number of nitrogens with two attached hydrogens (primary N) is 1. The molecule has 10 amide bonds. The number of amides is 10. The summed E-state index contributed by atoms with van der Waals surface area (Å²) in [5.74, 6) is -25.9. The van der Waals surface area contributed by atoms with Gasteiger partial charge in [0.2, 0.25) is 35.4 Å². The van der Waals surface area contributed by atoms with E-state index in [0.29, 0.717) is 0 Å². The van der Waals surface area contributed by atoms with Crippen LogP contribution in [0, 0.1) is 42.4 Å². The number of β-amino-alcohol motifs (C(OH)–C–C–N with tert-alkyl or cyclic N) is 1. The molecule has 4 heterocycles. The molecule has 4 aliphatic rings. The molecule has 1 saturated heterocycles. The monoisotopic (exact) mass is 1570 g/mol. The van der Waals surface area contributed by atoms with Gasteiger partial charge in [-0.2, -0.15) is 0 Å². The third-order valence-corrected chi connectivity index (χ3v) is 19.4. The predicted octanol–water partition coefficient (Wildman–Crippen LogP) is -5.05. The molecule has 39 nitrogen and oxygen atoms in total. The van der Waals surface area contributed by atoms with Crippen LogP contribution in [0.1, 0.15) is 105 Å². The van der Waals surface area contributed by atoms with Gasteiger partial charge in [-0.05, 0) is 46.6 Å². The zero-order valence-electron chi connectivity index (χ0n) is 63.8. The summed E-state index contributed by atoms with van der Waals surface area (Å²) in [6.45, 7) is 13.4. The van der Waals surface area contributed by atoms with E-state index in [9.17, 15) is 113 Å². The van der Waals surface area contributed by atoms with Gasteiger partial charge < -0.3 is 129 Å². The number of phenols is 2. The van der Waals surface area contributed by atoms with Crippen LogP contribution >= 0.6 is 0 Å². The van der Waals surface area contributed by atoms with E-state index in [-0.39, 0.29) is 52.4 Å². The molecule has 14 unspecified atom stereocenters. The third kappa shape index (κ3) is 23.0. The topological polar surface area (TPSA) is 614 Å². The van der Waals surface area contributed by atoms with Crippen molar-refractivity contribution in [2.75, 3.05) is 51.8 Å². The Labute approximate surface area is 637 Å². The maximum atomic E-state index is 14.9. The first kappa shape index (κ1) is 91.4. The van der Waals surface area contributed by atoms with Crippen LogP contribution in [-0.4, -0.2) is 266 Å². The molecule has 111 heavy (non-hydrogen) atoms. The number of carbonyl (C=O) groups is 14. The van der Waals surface area contributed by atoms with Gasteiger partial charge in [0.25, 0.3) is 29.4 Å². The summed E-state index contributed by atoms with van der Waals surface area (Å²) in [6, 6.07) is -10.8. The van der Waals surface area contributed by atoms with Crippen molar-refractivity contribution in [1.82, 2.24) is 47.9 Å². The van der Waals surface area contributed by atoms with Crippen LogP contribution in [0.5, 0.6) is 23.0 Å². The molecular weight excluding hydrogens is 1470 g/mol. The molecule has 5 bridgehead atoms. The summed E-state index contributed by atoms with van der Waals surface area (Å²) < 4.78 is 29.8. The smallest absolute Gasteiger partial charge is 0.312 e. The van der Waals surface area contributed by atoms with Crippen LogP contribution in [0.4, 0.5) is 5.69 Å². The van der Waals surface area contributed by atoms with E-state index in [1.807, 2.05) is 16.0 Å². The fraction of sp³-hybridized carbons (Fsp3) is 0.583. The summed E-state index contributed by atoms with van der Waals surface area (Å²) >= 11 is 0. The largest absolute Gasteiger partial charge is 0.507 e. The molecule has 1 fully saturated rings. The lowest BCUT2D eigenvalue weighted by molar-refractivity contribution is -0.160. The molecule has 0 spiro atoms. The average molecular weight is 1570 g/mol. The van der Waals surface area contributed by atoms with Gasteiger partial charge in [0, 0.05) is 99.2 Å². The lowest BCUT2D eigenvalue weighted by Crippen LogP contribution is -2.64. The van der Waals surface area contributed by atoms with Crippen molar-refractivity contribution >= 4 is 98.9 Å². The van der Waals surface area contributed by atoms with Crippen molar-refractivity contribution in [3.8, 4) is 23.0 Å². The number of primary amides is 1. The van der Waals surface area contributed by atoms with Crippen molar-refractivity contribution < 1.29 is 137 Å². The van der Waals surface area contributed by atoms with Crippen molar-refractivity contribution in [2.24, 2.45) is 41.2 Å². The van der Waals surface area contributed by atoms with Crippen molar-refractivity contribution in [3.63, 3.8) is 0 Å². The Kier molecular flexibility index (Phi) is 33.0. The predicted molar refractivity (Wildman–Crippen MR) is 388 cm³/mol. The Hall–Kier alpha value is -10.3. The van der Waals surface area contributed by atoms with Crippen LogP contribution in [0.15, 0.2) is 42.2 Å². The van der Waals surface area contributed by atoms with Crippen LogP contribution in [0.3, 0.4) is 0 Å². The molecule has 6 rings (SSSR count). The highest BCUT2D eigenvalue weighted by Gasteiger charge is 2.50. The number of ketones is 3. The number of rotatable bonds is 19. The van der Waals surface area contributed by atoms with Crippen molar-refractivity contribution in [3.05, 3.63) is 53.3 Å². The van der Waals surface area contributed by atoms with Gasteiger partial charge in [-0.1, -0.05) is 59.8 Å². The number of allylic oxidation sites excluding steroid dienone is 2. The first-order valence-corrected chi connectivity index (χ1v) is 35.6. The number of aliphatic hydroxyl groups excluding tert-OH is 7. The Balaban J connectivity index is 1.41. The number of ether oxygens (including phenoxy) is 5.